The minimum Gasteiger partial charge on any atom is -0.352 e. The number of nitrogens with zero attached hydrogens (tertiary/aromatic N) is 3. The summed E-state index contributed by atoms with van der Waals surface area (Å²) in [7, 11) is 0. The molecule has 5 nitrogen and oxygen atoms in total. The Morgan fingerprint density at radius 1 is 1.29 bits per heavy atom. The van der Waals surface area contributed by atoms with Gasteiger partial charge in [0.05, 0.1) is 5.25 Å². The van der Waals surface area contributed by atoms with Crippen molar-refractivity contribution in [3.8, 4) is 0 Å². The molecule has 1 aliphatic rings. The largest absolute Gasteiger partial charge is 0.352 e. The van der Waals surface area contributed by atoms with Gasteiger partial charge in [0.15, 0.2) is 5.16 Å². The van der Waals surface area contributed by atoms with Crippen LogP contribution in [0.15, 0.2) is 48.1 Å². The quantitative estimate of drug-likeness (QED) is 0.507. The van der Waals surface area contributed by atoms with Gasteiger partial charge in [0.1, 0.15) is 5.82 Å². The molecule has 6 heteroatoms. The minimum atomic E-state index is -0.182. The molecule has 0 saturated heterocycles. The van der Waals surface area contributed by atoms with E-state index in [9.17, 15) is 4.79 Å². The fourth-order valence-electron chi connectivity index (χ4n) is 3.59. The Hall–Kier alpha value is -2.08. The van der Waals surface area contributed by atoms with Crippen molar-refractivity contribution in [3.05, 3.63) is 54.4 Å². The lowest BCUT2D eigenvalue weighted by atomic mass is 10.1. The lowest BCUT2D eigenvalue weighted by molar-refractivity contribution is -0.121. The molecule has 0 aliphatic heterocycles. The SMILES string of the molecule is C=CCn1c(Cc2ccccc2)nnc1SC(C(=O)NC1CCCC1)C(C)C. The standard InChI is InChI=1S/C22H30N4OS/c1-4-14-26-19(15-17-10-6-5-7-11-17)24-25-22(26)28-20(16(2)3)21(27)23-18-12-8-9-13-18/h4-7,10-11,16,18,20H,1,8-9,12-15H2,2-3H3,(H,23,27). The van der Waals surface area contributed by atoms with Gasteiger partial charge in [-0.2, -0.15) is 0 Å². The Kier molecular flexibility index (Phi) is 7.31. The zero-order valence-corrected chi connectivity index (χ0v) is 17.6. The molecule has 3 rings (SSSR count). The fraction of sp³-hybridized carbons (Fsp3) is 0.500. The molecule has 1 unspecified atom stereocenters. The van der Waals surface area contributed by atoms with Crippen LogP contribution in [0.25, 0.3) is 0 Å². The van der Waals surface area contributed by atoms with Crippen LogP contribution in [0.1, 0.15) is 50.9 Å². The van der Waals surface area contributed by atoms with Crippen LogP contribution in [0.4, 0.5) is 0 Å². The van der Waals surface area contributed by atoms with Gasteiger partial charge in [0.25, 0.3) is 0 Å². The van der Waals surface area contributed by atoms with Crippen LogP contribution in [0, 0.1) is 5.92 Å². The Morgan fingerprint density at radius 3 is 2.64 bits per heavy atom. The first kappa shape index (κ1) is 20.6. The van der Waals surface area contributed by atoms with Gasteiger partial charge in [0.2, 0.25) is 5.91 Å². The molecule has 0 radical (unpaired) electrons. The van der Waals surface area contributed by atoms with E-state index in [1.165, 1.54) is 30.2 Å². The minimum absolute atomic E-state index is 0.115. The fourth-order valence-corrected chi connectivity index (χ4v) is 4.66. The summed E-state index contributed by atoms with van der Waals surface area (Å²) in [5.74, 6) is 1.22. The number of thioether (sulfide) groups is 1. The molecule has 1 saturated carbocycles. The summed E-state index contributed by atoms with van der Waals surface area (Å²) >= 11 is 1.52. The number of hydrogen-bond donors (Lipinski definition) is 1. The highest BCUT2D eigenvalue weighted by atomic mass is 32.2. The van der Waals surface area contributed by atoms with Crippen molar-refractivity contribution in [2.75, 3.05) is 0 Å². The summed E-state index contributed by atoms with van der Waals surface area (Å²) in [4.78, 5) is 12.9. The van der Waals surface area contributed by atoms with Gasteiger partial charge in [0, 0.05) is 19.0 Å². The molecular formula is C22H30N4OS. The first-order chi connectivity index (χ1) is 13.6. The zero-order chi connectivity index (χ0) is 19.9. The van der Waals surface area contributed by atoms with E-state index in [0.717, 1.165) is 23.8 Å². The second kappa shape index (κ2) is 9.92. The van der Waals surface area contributed by atoms with Crippen molar-refractivity contribution >= 4 is 17.7 Å². The predicted molar refractivity (Wildman–Crippen MR) is 114 cm³/mol. The molecule has 0 spiro atoms. The predicted octanol–water partition coefficient (Wildman–Crippen LogP) is 4.23. The highest BCUT2D eigenvalue weighted by Crippen LogP contribution is 2.29. The topological polar surface area (TPSA) is 59.8 Å². The van der Waals surface area contributed by atoms with Gasteiger partial charge >= 0.3 is 0 Å². The van der Waals surface area contributed by atoms with Crippen LogP contribution >= 0.6 is 11.8 Å². The van der Waals surface area contributed by atoms with Gasteiger partial charge in [-0.1, -0.05) is 74.9 Å². The van der Waals surface area contributed by atoms with Crippen molar-refractivity contribution in [2.45, 2.75) is 68.9 Å². The van der Waals surface area contributed by atoms with E-state index in [1.54, 1.807) is 0 Å². The zero-order valence-electron chi connectivity index (χ0n) is 16.8. The van der Waals surface area contributed by atoms with E-state index in [-0.39, 0.29) is 17.1 Å². The van der Waals surface area contributed by atoms with Gasteiger partial charge in [-0.3, -0.25) is 4.79 Å². The first-order valence-corrected chi connectivity index (χ1v) is 11.0. The summed E-state index contributed by atoms with van der Waals surface area (Å²) < 4.78 is 2.07. The lowest BCUT2D eigenvalue weighted by Gasteiger charge is -2.22. The molecular weight excluding hydrogens is 368 g/mol. The van der Waals surface area contributed by atoms with E-state index in [2.05, 4.69) is 52.6 Å². The summed E-state index contributed by atoms with van der Waals surface area (Å²) in [5.41, 5.74) is 1.19. The summed E-state index contributed by atoms with van der Waals surface area (Å²) in [5, 5.41) is 12.7. The van der Waals surface area contributed by atoms with Crippen molar-refractivity contribution in [1.29, 1.82) is 0 Å². The summed E-state index contributed by atoms with van der Waals surface area (Å²) in [6.07, 6.45) is 7.17. The van der Waals surface area contributed by atoms with Crippen molar-refractivity contribution in [2.24, 2.45) is 5.92 Å². The average Bonchev–Trinajstić information content (AvgIpc) is 3.31. The number of rotatable bonds is 9. The number of aromatic nitrogens is 3. The van der Waals surface area contributed by atoms with E-state index in [4.69, 9.17) is 0 Å². The Bertz CT molecular complexity index is 781. The molecule has 0 bridgehead atoms. The molecule has 1 N–H and O–H groups in total. The van der Waals surface area contributed by atoms with E-state index >= 15 is 0 Å². The van der Waals surface area contributed by atoms with E-state index < -0.39 is 0 Å². The number of benzene rings is 1. The maximum Gasteiger partial charge on any atom is 0.234 e. The Morgan fingerprint density at radius 2 is 2.00 bits per heavy atom. The monoisotopic (exact) mass is 398 g/mol. The Balaban J connectivity index is 1.76. The van der Waals surface area contributed by atoms with E-state index in [1.807, 2.05) is 24.3 Å². The van der Waals surface area contributed by atoms with Crippen molar-refractivity contribution in [1.82, 2.24) is 20.1 Å². The number of amides is 1. The van der Waals surface area contributed by atoms with Crippen LogP contribution in [0.2, 0.25) is 0 Å². The molecule has 150 valence electrons. The lowest BCUT2D eigenvalue weighted by Crippen LogP contribution is -2.41. The van der Waals surface area contributed by atoms with Crippen molar-refractivity contribution in [3.63, 3.8) is 0 Å². The van der Waals surface area contributed by atoms with Crippen LogP contribution in [-0.2, 0) is 17.8 Å². The molecule has 1 heterocycles. The molecule has 1 aromatic carbocycles. The van der Waals surface area contributed by atoms with Gasteiger partial charge in [-0.15, -0.1) is 16.8 Å². The van der Waals surface area contributed by atoms with Gasteiger partial charge in [-0.25, -0.2) is 0 Å². The number of hydrogen-bond acceptors (Lipinski definition) is 4. The van der Waals surface area contributed by atoms with Gasteiger partial charge in [-0.05, 0) is 24.3 Å². The third-order valence-electron chi connectivity index (χ3n) is 5.11. The number of nitrogens with one attached hydrogen (secondary N) is 1. The molecule has 1 aromatic heterocycles. The summed E-state index contributed by atoms with van der Waals surface area (Å²) in [6, 6.07) is 10.6. The smallest absolute Gasteiger partial charge is 0.234 e. The van der Waals surface area contributed by atoms with Crippen LogP contribution in [0.3, 0.4) is 0 Å². The second-order valence-corrected chi connectivity index (χ2v) is 8.84. The summed E-state index contributed by atoms with van der Waals surface area (Å²) in [6.45, 7) is 8.69. The van der Waals surface area contributed by atoms with Crippen LogP contribution < -0.4 is 5.32 Å². The highest BCUT2D eigenvalue weighted by Gasteiger charge is 2.29. The maximum atomic E-state index is 12.9. The first-order valence-electron chi connectivity index (χ1n) is 10.1. The number of carbonyl (C=O) groups is 1. The molecule has 1 aliphatic carbocycles. The van der Waals surface area contributed by atoms with Crippen LogP contribution in [0.5, 0.6) is 0 Å². The maximum absolute atomic E-state index is 12.9. The molecule has 2 aromatic rings. The van der Waals surface area contributed by atoms with Gasteiger partial charge < -0.3 is 9.88 Å². The second-order valence-electron chi connectivity index (χ2n) is 7.73. The molecule has 1 atom stereocenters. The third-order valence-corrected chi connectivity index (χ3v) is 6.63. The normalized spacial score (nSPS) is 15.7. The molecule has 28 heavy (non-hydrogen) atoms. The number of allylic oxidation sites excluding steroid dienone is 1. The molecule has 1 fully saturated rings. The van der Waals surface area contributed by atoms with E-state index in [0.29, 0.717) is 19.0 Å². The van der Waals surface area contributed by atoms with Crippen molar-refractivity contribution < 1.29 is 4.79 Å². The molecule has 1 amide bonds. The average molecular weight is 399 g/mol. The Labute approximate surface area is 172 Å². The highest BCUT2D eigenvalue weighted by molar-refractivity contribution is 8.00. The number of carbonyl (C=O) groups excluding carboxylic acids is 1. The third kappa shape index (κ3) is 5.25. The van der Waals surface area contributed by atoms with Crippen LogP contribution in [-0.4, -0.2) is 32.0 Å².